The van der Waals surface area contributed by atoms with Gasteiger partial charge in [0.1, 0.15) is 0 Å². The van der Waals surface area contributed by atoms with Gasteiger partial charge < -0.3 is 10.1 Å². The van der Waals surface area contributed by atoms with Crippen LogP contribution in [0.2, 0.25) is 0 Å². The summed E-state index contributed by atoms with van der Waals surface area (Å²) in [5.41, 5.74) is 4.21. The molecule has 7 heteroatoms. The van der Waals surface area contributed by atoms with E-state index in [-0.39, 0.29) is 5.91 Å². The molecule has 122 valence electrons. The number of carbonyl (C=O) groups excluding carboxylic acids is 1. The van der Waals surface area contributed by atoms with Crippen molar-refractivity contribution in [1.29, 1.82) is 0 Å². The van der Waals surface area contributed by atoms with Crippen molar-refractivity contribution in [3.63, 3.8) is 0 Å². The number of thiazole rings is 1. The molecule has 3 rings (SSSR count). The molecule has 1 aliphatic rings. The molecule has 0 unspecified atom stereocenters. The van der Waals surface area contributed by atoms with Crippen molar-refractivity contribution in [2.24, 2.45) is 0 Å². The zero-order valence-corrected chi connectivity index (χ0v) is 13.9. The van der Waals surface area contributed by atoms with Gasteiger partial charge in [-0.2, -0.15) is 0 Å². The Balaban J connectivity index is 1.52. The van der Waals surface area contributed by atoms with Gasteiger partial charge >= 0.3 is 0 Å². The Morgan fingerprint density at radius 3 is 2.83 bits per heavy atom. The van der Waals surface area contributed by atoms with Crippen LogP contribution in [0.3, 0.4) is 0 Å². The molecule has 1 aliphatic heterocycles. The van der Waals surface area contributed by atoms with E-state index >= 15 is 0 Å². The van der Waals surface area contributed by atoms with Gasteiger partial charge in [0.15, 0.2) is 0 Å². The Kier molecular flexibility index (Phi) is 5.32. The van der Waals surface area contributed by atoms with Crippen molar-refractivity contribution < 1.29 is 9.53 Å². The van der Waals surface area contributed by atoms with E-state index in [2.05, 4.69) is 20.2 Å². The average Bonchev–Trinajstić information content (AvgIpc) is 3.02. The van der Waals surface area contributed by atoms with Gasteiger partial charge in [0, 0.05) is 32.4 Å². The highest BCUT2D eigenvalue weighted by atomic mass is 32.1. The number of rotatable bonds is 5. The zero-order chi connectivity index (χ0) is 16.1. The van der Waals surface area contributed by atoms with Crippen molar-refractivity contribution in [1.82, 2.24) is 20.2 Å². The lowest BCUT2D eigenvalue weighted by Crippen LogP contribution is -2.41. The van der Waals surface area contributed by atoms with Gasteiger partial charge in [0.2, 0.25) is 0 Å². The van der Waals surface area contributed by atoms with E-state index in [9.17, 15) is 4.79 Å². The molecule has 6 nitrogen and oxygen atoms in total. The lowest BCUT2D eigenvalue weighted by Gasteiger charge is -2.26. The normalized spacial score (nSPS) is 15.5. The Morgan fingerprint density at radius 2 is 2.17 bits per heavy atom. The lowest BCUT2D eigenvalue weighted by molar-refractivity contribution is 0.0383. The molecule has 1 N–H and O–H groups in total. The van der Waals surface area contributed by atoms with Crippen LogP contribution in [0.4, 0.5) is 0 Å². The van der Waals surface area contributed by atoms with Gasteiger partial charge in [0.25, 0.3) is 5.91 Å². The van der Waals surface area contributed by atoms with Crippen LogP contribution in [0.5, 0.6) is 0 Å². The van der Waals surface area contributed by atoms with Crippen LogP contribution in [0, 0.1) is 6.92 Å². The number of aromatic nitrogens is 2. The van der Waals surface area contributed by atoms with Gasteiger partial charge in [-0.1, -0.05) is 0 Å². The SMILES string of the molecule is Cc1ncsc1-c1ccc(C(=O)NCCN2CCOCC2)cn1. The number of pyridine rings is 1. The van der Waals surface area contributed by atoms with E-state index < -0.39 is 0 Å². The fourth-order valence-electron chi connectivity index (χ4n) is 2.46. The average molecular weight is 332 g/mol. The molecule has 3 heterocycles. The first-order chi connectivity index (χ1) is 11.2. The third-order valence-electron chi connectivity index (χ3n) is 3.82. The molecule has 0 aromatic carbocycles. The van der Waals surface area contributed by atoms with E-state index in [1.807, 2.05) is 19.1 Å². The quantitative estimate of drug-likeness (QED) is 0.900. The molecule has 1 amide bonds. The van der Waals surface area contributed by atoms with Gasteiger partial charge in [-0.05, 0) is 19.1 Å². The minimum Gasteiger partial charge on any atom is -0.379 e. The monoisotopic (exact) mass is 332 g/mol. The maximum absolute atomic E-state index is 12.1. The van der Waals surface area contributed by atoms with E-state index in [0.29, 0.717) is 12.1 Å². The predicted octanol–water partition coefficient (Wildman–Crippen LogP) is 1.58. The van der Waals surface area contributed by atoms with E-state index in [4.69, 9.17) is 4.74 Å². The number of hydrogen-bond acceptors (Lipinski definition) is 6. The van der Waals surface area contributed by atoms with Crippen molar-refractivity contribution >= 4 is 17.2 Å². The maximum Gasteiger partial charge on any atom is 0.252 e. The minimum atomic E-state index is -0.0849. The van der Waals surface area contributed by atoms with Crippen LogP contribution in [0.1, 0.15) is 16.1 Å². The molecule has 2 aromatic rings. The molecule has 2 aromatic heterocycles. The summed E-state index contributed by atoms with van der Waals surface area (Å²) in [5.74, 6) is -0.0849. The Morgan fingerprint density at radius 1 is 1.35 bits per heavy atom. The molecule has 0 atom stereocenters. The molecule has 0 aliphatic carbocycles. The number of aryl methyl sites for hydroxylation is 1. The topological polar surface area (TPSA) is 67.4 Å². The first-order valence-electron chi connectivity index (χ1n) is 7.69. The van der Waals surface area contributed by atoms with E-state index in [0.717, 1.165) is 49.1 Å². The van der Waals surface area contributed by atoms with Crippen LogP contribution in [0.15, 0.2) is 23.8 Å². The molecular weight excluding hydrogens is 312 g/mol. The lowest BCUT2D eigenvalue weighted by atomic mass is 10.2. The second-order valence-electron chi connectivity index (χ2n) is 5.41. The largest absolute Gasteiger partial charge is 0.379 e. The number of nitrogens with zero attached hydrogens (tertiary/aromatic N) is 3. The van der Waals surface area contributed by atoms with Crippen LogP contribution in [-0.2, 0) is 4.74 Å². The highest BCUT2D eigenvalue weighted by molar-refractivity contribution is 7.13. The second kappa shape index (κ2) is 7.63. The number of ether oxygens (including phenoxy) is 1. The van der Waals surface area contributed by atoms with E-state index in [1.54, 1.807) is 23.0 Å². The zero-order valence-electron chi connectivity index (χ0n) is 13.1. The van der Waals surface area contributed by atoms with Crippen LogP contribution < -0.4 is 5.32 Å². The Bertz CT molecular complexity index is 650. The smallest absolute Gasteiger partial charge is 0.252 e. The molecular formula is C16H20N4O2S. The van der Waals surface area contributed by atoms with Crippen LogP contribution in [-0.4, -0.2) is 60.2 Å². The third-order valence-corrected chi connectivity index (χ3v) is 4.77. The van der Waals surface area contributed by atoms with Crippen LogP contribution in [0.25, 0.3) is 10.6 Å². The molecule has 23 heavy (non-hydrogen) atoms. The predicted molar refractivity (Wildman–Crippen MR) is 89.7 cm³/mol. The summed E-state index contributed by atoms with van der Waals surface area (Å²) in [5, 5.41) is 2.94. The van der Waals surface area contributed by atoms with Crippen molar-refractivity contribution in [3.8, 4) is 10.6 Å². The third kappa shape index (κ3) is 4.13. The fraction of sp³-hybridized carbons (Fsp3) is 0.438. The number of nitrogens with one attached hydrogen (secondary N) is 1. The summed E-state index contributed by atoms with van der Waals surface area (Å²) < 4.78 is 5.31. The van der Waals surface area contributed by atoms with Crippen LogP contribution >= 0.6 is 11.3 Å². The number of hydrogen-bond donors (Lipinski definition) is 1. The summed E-state index contributed by atoms with van der Waals surface area (Å²) in [4.78, 5) is 24.1. The second-order valence-corrected chi connectivity index (χ2v) is 6.26. The highest BCUT2D eigenvalue weighted by Gasteiger charge is 2.12. The minimum absolute atomic E-state index is 0.0849. The molecule has 0 bridgehead atoms. The van der Waals surface area contributed by atoms with E-state index in [1.165, 1.54) is 0 Å². The summed E-state index contributed by atoms with van der Waals surface area (Å²) in [7, 11) is 0. The number of amides is 1. The maximum atomic E-state index is 12.1. The summed E-state index contributed by atoms with van der Waals surface area (Å²) in [6.45, 7) is 6.85. The molecule has 0 saturated carbocycles. The number of morpholine rings is 1. The van der Waals surface area contributed by atoms with Crippen molar-refractivity contribution in [2.75, 3.05) is 39.4 Å². The van der Waals surface area contributed by atoms with Crippen molar-refractivity contribution in [3.05, 3.63) is 35.1 Å². The Hall–Kier alpha value is -1.83. The summed E-state index contributed by atoms with van der Waals surface area (Å²) in [6, 6.07) is 3.68. The molecule has 1 fully saturated rings. The molecule has 0 radical (unpaired) electrons. The van der Waals surface area contributed by atoms with Gasteiger partial charge in [-0.25, -0.2) is 4.98 Å². The Labute approximate surface area is 139 Å². The van der Waals surface area contributed by atoms with Gasteiger partial charge in [-0.15, -0.1) is 11.3 Å². The standard InChI is InChI=1S/C16H20N4O2S/c1-12-15(23-11-19-12)14-3-2-13(10-18-14)16(21)17-4-5-20-6-8-22-9-7-20/h2-3,10-11H,4-9H2,1H3,(H,17,21). The van der Waals surface area contributed by atoms with Crippen molar-refractivity contribution in [2.45, 2.75) is 6.92 Å². The fourth-order valence-corrected chi connectivity index (χ4v) is 3.25. The first-order valence-corrected chi connectivity index (χ1v) is 8.57. The van der Waals surface area contributed by atoms with Gasteiger partial charge in [-0.3, -0.25) is 14.7 Å². The first kappa shape index (κ1) is 16.0. The molecule has 1 saturated heterocycles. The van der Waals surface area contributed by atoms with Gasteiger partial charge in [0.05, 0.1) is 40.6 Å². The summed E-state index contributed by atoms with van der Waals surface area (Å²) in [6.07, 6.45) is 1.62. The summed E-state index contributed by atoms with van der Waals surface area (Å²) >= 11 is 1.56. The molecule has 0 spiro atoms. The highest BCUT2D eigenvalue weighted by Crippen LogP contribution is 2.25. The number of carbonyl (C=O) groups is 1.